The van der Waals surface area contributed by atoms with Crippen molar-refractivity contribution in [3.63, 3.8) is 0 Å². The molecule has 5 heteroatoms. The van der Waals surface area contributed by atoms with Crippen molar-refractivity contribution < 1.29 is 0 Å². The first kappa shape index (κ1) is 5.80. The third kappa shape index (κ3) is 3.80. The Bertz CT molecular complexity index is 30.0. The highest BCUT2D eigenvalue weighted by Gasteiger charge is 1.60. The van der Waals surface area contributed by atoms with E-state index < -0.39 is 0 Å². The number of hydrogen-bond acceptors (Lipinski definition) is 5. The van der Waals surface area contributed by atoms with Crippen molar-refractivity contribution in [2.75, 3.05) is 7.05 Å². The van der Waals surface area contributed by atoms with E-state index >= 15 is 0 Å². The molecule has 0 amide bonds. The molecule has 0 bridgehead atoms. The second-order valence-corrected chi connectivity index (χ2v) is 0.711. The molecule has 0 atom stereocenters. The zero-order valence-electron chi connectivity index (χ0n) is 3.26. The Labute approximate surface area is 35.0 Å². The molecule has 6 heavy (non-hydrogen) atoms. The molecule has 0 unspecified atom stereocenters. The number of nitrogens with one attached hydrogen (secondary N) is 2. The van der Waals surface area contributed by atoms with Crippen LogP contribution in [0, 0.1) is 10.4 Å². The van der Waals surface area contributed by atoms with Crippen LogP contribution >= 0.6 is 0 Å². The van der Waals surface area contributed by atoms with Crippen LogP contribution in [0.1, 0.15) is 0 Å². The molecular weight excluding hydrogens is 86.0 g/mol. The summed E-state index contributed by atoms with van der Waals surface area (Å²) in [6.45, 7) is 0. The Morgan fingerprint density at radius 1 is 1.67 bits per heavy atom. The summed E-state index contributed by atoms with van der Waals surface area (Å²) in [6, 6.07) is 0. The van der Waals surface area contributed by atoms with E-state index in [-0.39, 0.29) is 5.17 Å². The topological polar surface area (TPSA) is 73.4 Å². The number of hydroxylamine groups is 1. The lowest BCUT2D eigenvalue weighted by Gasteiger charge is -2.25. The molecule has 0 aliphatic carbocycles. The number of hydrogen-bond donors (Lipinski definition) is 2. The highest BCUT2D eigenvalue weighted by molar-refractivity contribution is 4.33. The molecule has 0 aromatic heterocycles. The molecule has 0 rings (SSSR count). The predicted molar refractivity (Wildman–Crippen MR) is 20.8 cm³/mol. The first-order chi connectivity index (χ1) is 2.77. The maximum atomic E-state index is 9.59. The van der Waals surface area contributed by atoms with Gasteiger partial charge in [0.1, 0.15) is 0 Å². The van der Waals surface area contributed by atoms with Gasteiger partial charge in [0.15, 0.2) is 0 Å². The summed E-state index contributed by atoms with van der Waals surface area (Å²) in [5, 5.41) is 19.0. The van der Waals surface area contributed by atoms with Gasteiger partial charge in [-0.3, -0.25) is 0 Å². The zero-order chi connectivity index (χ0) is 4.99. The monoisotopic (exact) mass is 91.0 g/mol. The van der Waals surface area contributed by atoms with Crippen LogP contribution in [0.25, 0.3) is 0 Å². The van der Waals surface area contributed by atoms with E-state index in [9.17, 15) is 5.21 Å². The molecule has 0 aromatic rings. The van der Waals surface area contributed by atoms with Crippen LogP contribution in [0.2, 0.25) is 0 Å². The molecule has 0 aliphatic rings. The standard InChI is InChI=1S/CH5N3O2/c1-4(6)2-3-5/h2-3H,1H3/q-2. The average Bonchev–Trinajstić information content (AvgIpc) is 1.35. The van der Waals surface area contributed by atoms with Crippen molar-refractivity contribution in [3.8, 4) is 0 Å². The molecule has 0 heterocycles. The van der Waals surface area contributed by atoms with E-state index in [0.717, 1.165) is 7.05 Å². The second-order valence-electron chi connectivity index (χ2n) is 0.711. The van der Waals surface area contributed by atoms with Gasteiger partial charge in [-0.2, -0.15) is 0 Å². The molecule has 0 fully saturated rings. The van der Waals surface area contributed by atoms with Crippen LogP contribution in [0.15, 0.2) is 0 Å². The van der Waals surface area contributed by atoms with Gasteiger partial charge < -0.3 is 21.2 Å². The molecule has 5 nitrogen and oxygen atoms in total. The summed E-state index contributed by atoms with van der Waals surface area (Å²) in [4.78, 5) is 0. The van der Waals surface area contributed by atoms with Crippen LogP contribution in [0.4, 0.5) is 0 Å². The van der Waals surface area contributed by atoms with Crippen molar-refractivity contribution in [1.29, 1.82) is 0 Å². The second kappa shape index (κ2) is 3.01. The minimum atomic E-state index is 0.257. The van der Waals surface area contributed by atoms with Crippen molar-refractivity contribution in [3.05, 3.63) is 10.4 Å². The lowest BCUT2D eigenvalue weighted by molar-refractivity contribution is 0.296. The Balaban J connectivity index is 2.63. The van der Waals surface area contributed by atoms with Crippen molar-refractivity contribution in [2.24, 2.45) is 0 Å². The van der Waals surface area contributed by atoms with Crippen LogP contribution in [-0.2, 0) is 0 Å². The van der Waals surface area contributed by atoms with E-state index in [4.69, 9.17) is 5.21 Å². The minimum absolute atomic E-state index is 0.257. The summed E-state index contributed by atoms with van der Waals surface area (Å²) >= 11 is 0. The van der Waals surface area contributed by atoms with Crippen molar-refractivity contribution >= 4 is 0 Å². The normalized spacial score (nSPS) is 10.0. The van der Waals surface area contributed by atoms with Gasteiger partial charge in [0, 0.05) is 0 Å². The highest BCUT2D eigenvalue weighted by Crippen LogP contribution is 1.54. The average molecular weight is 91.1 g/mol. The number of rotatable bonds is 2. The molecule has 0 saturated carbocycles. The number of hydrazine groups is 2. The van der Waals surface area contributed by atoms with Crippen molar-refractivity contribution in [2.45, 2.75) is 0 Å². The molecule has 38 valence electrons. The van der Waals surface area contributed by atoms with Crippen LogP contribution in [0.5, 0.6) is 0 Å². The molecule has 0 aliphatic heterocycles. The van der Waals surface area contributed by atoms with Gasteiger partial charge in [0.05, 0.1) is 0 Å². The van der Waals surface area contributed by atoms with Gasteiger partial charge in [-0.05, 0) is 7.05 Å². The fourth-order valence-corrected chi connectivity index (χ4v) is 0.0643. The predicted octanol–water partition coefficient (Wildman–Crippen LogP) is -1.08. The molecule has 0 spiro atoms. The minimum Gasteiger partial charge on any atom is -0.773 e. The van der Waals surface area contributed by atoms with Crippen LogP contribution in [0.3, 0.4) is 0 Å². The Kier molecular flexibility index (Phi) is 2.91. The first-order valence-electron chi connectivity index (χ1n) is 1.31. The van der Waals surface area contributed by atoms with E-state index in [0.29, 0.717) is 0 Å². The van der Waals surface area contributed by atoms with E-state index in [2.05, 4.69) is 0 Å². The van der Waals surface area contributed by atoms with Gasteiger partial charge in [0.25, 0.3) is 0 Å². The van der Waals surface area contributed by atoms with Gasteiger partial charge in [-0.15, -0.1) is 0 Å². The van der Waals surface area contributed by atoms with Crippen LogP contribution < -0.4 is 11.1 Å². The third-order valence-electron chi connectivity index (χ3n) is 0.203. The zero-order valence-corrected chi connectivity index (χ0v) is 3.26. The van der Waals surface area contributed by atoms with Gasteiger partial charge in [0.2, 0.25) is 0 Å². The SMILES string of the molecule is CN([O-])NN[O-]. The van der Waals surface area contributed by atoms with Gasteiger partial charge >= 0.3 is 0 Å². The van der Waals surface area contributed by atoms with E-state index in [1.54, 1.807) is 5.53 Å². The summed E-state index contributed by atoms with van der Waals surface area (Å²) < 4.78 is 0. The summed E-state index contributed by atoms with van der Waals surface area (Å²) in [5.41, 5.74) is 2.86. The fourth-order valence-electron chi connectivity index (χ4n) is 0.0643. The maximum absolute atomic E-state index is 9.59. The highest BCUT2D eigenvalue weighted by atomic mass is 16.6. The molecular formula is CH5N3O2-2. The molecule has 0 saturated heterocycles. The lowest BCUT2D eigenvalue weighted by atomic mass is 11.5. The quantitative estimate of drug-likeness (QED) is 0.423. The largest absolute Gasteiger partial charge is 0.773 e. The van der Waals surface area contributed by atoms with Gasteiger partial charge in [-0.1, -0.05) is 0 Å². The molecule has 2 N–H and O–H groups in total. The van der Waals surface area contributed by atoms with Crippen molar-refractivity contribution in [1.82, 2.24) is 16.3 Å². The smallest absolute Gasteiger partial charge is 0.0108 e. The van der Waals surface area contributed by atoms with Crippen LogP contribution in [-0.4, -0.2) is 12.2 Å². The maximum Gasteiger partial charge on any atom is -0.0108 e. The Morgan fingerprint density at radius 3 is 2.17 bits per heavy atom. The summed E-state index contributed by atoms with van der Waals surface area (Å²) in [5.74, 6) is 0. The van der Waals surface area contributed by atoms with E-state index in [1.165, 1.54) is 5.59 Å². The van der Waals surface area contributed by atoms with Gasteiger partial charge in [-0.25, -0.2) is 5.53 Å². The number of nitrogens with zero attached hydrogens (tertiary/aromatic N) is 1. The molecule has 0 aromatic carbocycles. The Hall–Kier alpha value is -0.200. The summed E-state index contributed by atoms with van der Waals surface area (Å²) in [7, 11) is 1.16. The Morgan fingerprint density at radius 2 is 2.17 bits per heavy atom. The molecule has 0 radical (unpaired) electrons. The summed E-state index contributed by atoms with van der Waals surface area (Å²) in [6.07, 6.45) is 0. The van der Waals surface area contributed by atoms with E-state index in [1.807, 2.05) is 0 Å². The lowest BCUT2D eigenvalue weighted by Crippen LogP contribution is -2.37. The third-order valence-corrected chi connectivity index (χ3v) is 0.203. The fraction of sp³-hybridized carbons (Fsp3) is 1.00. The first-order valence-corrected chi connectivity index (χ1v) is 1.31.